The molecule has 1 fully saturated rings. The quantitative estimate of drug-likeness (QED) is 0.881. The summed E-state index contributed by atoms with van der Waals surface area (Å²) in [4.78, 5) is 24.3. The SMILES string of the molecule is O=C(O)[C@@H]1CSCN1C(=O)NCc1cccc(Br)c1. The van der Waals surface area contributed by atoms with Crippen molar-refractivity contribution in [3.05, 3.63) is 34.3 Å². The number of halogens is 1. The topological polar surface area (TPSA) is 69.6 Å². The van der Waals surface area contributed by atoms with Gasteiger partial charge in [-0.3, -0.25) is 0 Å². The van der Waals surface area contributed by atoms with Crippen molar-refractivity contribution in [2.24, 2.45) is 0 Å². The van der Waals surface area contributed by atoms with Gasteiger partial charge in [-0.2, -0.15) is 0 Å². The first-order chi connectivity index (χ1) is 9.08. The Morgan fingerprint density at radius 3 is 3.00 bits per heavy atom. The van der Waals surface area contributed by atoms with E-state index in [1.54, 1.807) is 0 Å². The number of aliphatic carboxylic acids is 1. The zero-order chi connectivity index (χ0) is 13.8. The molecule has 1 atom stereocenters. The van der Waals surface area contributed by atoms with Gasteiger partial charge in [0, 0.05) is 16.8 Å². The maximum absolute atomic E-state index is 11.9. The summed E-state index contributed by atoms with van der Waals surface area (Å²) in [5.74, 6) is -0.0939. The van der Waals surface area contributed by atoms with Crippen LogP contribution in [0.3, 0.4) is 0 Å². The zero-order valence-corrected chi connectivity index (χ0v) is 12.4. The van der Waals surface area contributed by atoms with E-state index in [9.17, 15) is 9.59 Å². The Morgan fingerprint density at radius 1 is 1.53 bits per heavy atom. The van der Waals surface area contributed by atoms with Crippen molar-refractivity contribution in [3.63, 3.8) is 0 Å². The number of carboxylic acid groups (broad SMARTS) is 1. The highest BCUT2D eigenvalue weighted by Crippen LogP contribution is 2.21. The predicted octanol–water partition coefficient (Wildman–Crippen LogP) is 2.12. The van der Waals surface area contributed by atoms with E-state index >= 15 is 0 Å². The van der Waals surface area contributed by atoms with Crippen LogP contribution in [-0.4, -0.2) is 39.7 Å². The molecule has 102 valence electrons. The van der Waals surface area contributed by atoms with Crippen LogP contribution in [0.2, 0.25) is 0 Å². The van der Waals surface area contributed by atoms with Crippen molar-refractivity contribution in [1.29, 1.82) is 0 Å². The van der Waals surface area contributed by atoms with E-state index in [-0.39, 0.29) is 6.03 Å². The lowest BCUT2D eigenvalue weighted by molar-refractivity contribution is -0.140. The van der Waals surface area contributed by atoms with Crippen molar-refractivity contribution in [3.8, 4) is 0 Å². The predicted molar refractivity (Wildman–Crippen MR) is 77.0 cm³/mol. The summed E-state index contributed by atoms with van der Waals surface area (Å²) in [5.41, 5.74) is 0.960. The number of carboxylic acids is 1. The smallest absolute Gasteiger partial charge is 0.327 e. The summed E-state index contributed by atoms with van der Waals surface area (Å²) in [6.45, 7) is 0.381. The lowest BCUT2D eigenvalue weighted by Gasteiger charge is -2.20. The Hall–Kier alpha value is -1.21. The second-order valence-corrected chi connectivity index (χ2v) is 6.03. The van der Waals surface area contributed by atoms with E-state index < -0.39 is 12.0 Å². The molecule has 0 unspecified atom stereocenters. The Balaban J connectivity index is 1.92. The molecular formula is C12H13BrN2O3S. The standard InChI is InChI=1S/C12H13BrN2O3S/c13-9-3-1-2-8(4-9)5-14-12(18)15-7-19-6-10(15)11(16)17/h1-4,10H,5-7H2,(H,14,18)(H,16,17)/t10-/m0/s1. The maximum Gasteiger partial charge on any atom is 0.327 e. The Morgan fingerprint density at radius 2 is 2.32 bits per heavy atom. The lowest BCUT2D eigenvalue weighted by Crippen LogP contribution is -2.46. The molecule has 2 N–H and O–H groups in total. The van der Waals surface area contributed by atoms with Gasteiger partial charge in [0.1, 0.15) is 6.04 Å². The minimum Gasteiger partial charge on any atom is -0.480 e. The number of urea groups is 1. The first-order valence-electron chi connectivity index (χ1n) is 5.67. The lowest BCUT2D eigenvalue weighted by atomic mass is 10.2. The molecule has 0 aromatic heterocycles. The molecule has 2 amide bonds. The summed E-state index contributed by atoms with van der Waals surface area (Å²) in [6.07, 6.45) is 0. The number of rotatable bonds is 3. The fourth-order valence-corrected chi connectivity index (χ4v) is 3.37. The molecule has 1 aliphatic rings. The van der Waals surface area contributed by atoms with Gasteiger partial charge < -0.3 is 15.3 Å². The minimum atomic E-state index is -0.956. The molecule has 2 rings (SSSR count). The molecule has 0 aliphatic carbocycles. The van der Waals surface area contributed by atoms with Gasteiger partial charge in [0.15, 0.2) is 0 Å². The van der Waals surface area contributed by atoms with Crippen LogP contribution in [0.4, 0.5) is 4.79 Å². The van der Waals surface area contributed by atoms with Crippen LogP contribution in [0, 0.1) is 0 Å². The summed E-state index contributed by atoms with van der Waals surface area (Å²) < 4.78 is 0.944. The van der Waals surface area contributed by atoms with E-state index in [4.69, 9.17) is 5.11 Å². The summed E-state index contributed by atoms with van der Waals surface area (Å²) >= 11 is 4.81. The number of nitrogens with one attached hydrogen (secondary N) is 1. The van der Waals surface area contributed by atoms with Crippen LogP contribution < -0.4 is 5.32 Å². The normalized spacial score (nSPS) is 18.4. The number of hydrogen-bond donors (Lipinski definition) is 2. The molecule has 5 nitrogen and oxygen atoms in total. The van der Waals surface area contributed by atoms with Crippen LogP contribution in [-0.2, 0) is 11.3 Å². The molecule has 1 aromatic carbocycles. The van der Waals surface area contributed by atoms with Crippen molar-refractivity contribution < 1.29 is 14.7 Å². The fraction of sp³-hybridized carbons (Fsp3) is 0.333. The number of carbonyl (C=O) groups is 2. The molecule has 1 aromatic rings. The molecular weight excluding hydrogens is 332 g/mol. The largest absolute Gasteiger partial charge is 0.480 e. The Kier molecular flexibility index (Phi) is 4.71. The molecule has 1 aliphatic heterocycles. The third kappa shape index (κ3) is 3.63. The zero-order valence-electron chi connectivity index (χ0n) is 10.0. The molecule has 1 heterocycles. The molecule has 1 saturated heterocycles. The Labute approximate surface area is 123 Å². The summed E-state index contributed by atoms with van der Waals surface area (Å²) in [7, 11) is 0. The number of amides is 2. The number of hydrogen-bond acceptors (Lipinski definition) is 3. The van der Waals surface area contributed by atoms with Gasteiger partial charge in [0.25, 0.3) is 0 Å². The monoisotopic (exact) mass is 344 g/mol. The van der Waals surface area contributed by atoms with Gasteiger partial charge in [-0.05, 0) is 17.7 Å². The Bertz CT molecular complexity index is 498. The molecule has 0 spiro atoms. The highest BCUT2D eigenvalue weighted by Gasteiger charge is 2.34. The van der Waals surface area contributed by atoms with Gasteiger partial charge >= 0.3 is 12.0 Å². The van der Waals surface area contributed by atoms with E-state index in [1.807, 2.05) is 24.3 Å². The van der Waals surface area contributed by atoms with Gasteiger partial charge in [0.2, 0.25) is 0 Å². The molecule has 7 heteroatoms. The van der Waals surface area contributed by atoms with E-state index in [0.717, 1.165) is 10.0 Å². The second-order valence-electron chi connectivity index (χ2n) is 4.11. The van der Waals surface area contributed by atoms with E-state index in [2.05, 4.69) is 21.2 Å². The highest BCUT2D eigenvalue weighted by atomic mass is 79.9. The maximum atomic E-state index is 11.9. The molecule has 0 bridgehead atoms. The van der Waals surface area contributed by atoms with Crippen molar-refractivity contribution in [1.82, 2.24) is 10.2 Å². The average molecular weight is 345 g/mol. The first kappa shape index (κ1) is 14.2. The third-order valence-corrected chi connectivity index (χ3v) is 4.27. The van der Waals surface area contributed by atoms with Gasteiger partial charge in [0.05, 0.1) is 5.88 Å². The third-order valence-electron chi connectivity index (χ3n) is 2.76. The average Bonchev–Trinajstić information content (AvgIpc) is 2.85. The minimum absolute atomic E-state index is 0.336. The second kappa shape index (κ2) is 6.29. The van der Waals surface area contributed by atoms with Crippen LogP contribution in [0.15, 0.2) is 28.7 Å². The highest BCUT2D eigenvalue weighted by molar-refractivity contribution is 9.10. The number of thioether (sulfide) groups is 1. The number of nitrogens with zero attached hydrogens (tertiary/aromatic N) is 1. The number of benzene rings is 1. The summed E-state index contributed by atoms with van der Waals surface area (Å²) in [5, 5.41) is 11.8. The number of carbonyl (C=O) groups excluding carboxylic acids is 1. The van der Waals surface area contributed by atoms with Crippen molar-refractivity contribution >= 4 is 39.7 Å². The van der Waals surface area contributed by atoms with Crippen LogP contribution in [0.1, 0.15) is 5.56 Å². The van der Waals surface area contributed by atoms with Gasteiger partial charge in [-0.1, -0.05) is 28.1 Å². The molecule has 0 radical (unpaired) electrons. The molecule has 19 heavy (non-hydrogen) atoms. The van der Waals surface area contributed by atoms with Crippen LogP contribution in [0.5, 0.6) is 0 Å². The van der Waals surface area contributed by atoms with E-state index in [1.165, 1.54) is 16.7 Å². The van der Waals surface area contributed by atoms with Crippen molar-refractivity contribution in [2.75, 3.05) is 11.6 Å². The van der Waals surface area contributed by atoms with Gasteiger partial charge in [-0.25, -0.2) is 9.59 Å². The summed E-state index contributed by atoms with van der Waals surface area (Å²) in [6, 6.07) is 6.54. The van der Waals surface area contributed by atoms with Crippen LogP contribution >= 0.6 is 27.7 Å². The van der Waals surface area contributed by atoms with E-state index in [0.29, 0.717) is 18.2 Å². The molecule has 0 saturated carbocycles. The van der Waals surface area contributed by atoms with Gasteiger partial charge in [-0.15, -0.1) is 11.8 Å². The fourth-order valence-electron chi connectivity index (χ4n) is 1.77. The van der Waals surface area contributed by atoms with Crippen LogP contribution in [0.25, 0.3) is 0 Å². The van der Waals surface area contributed by atoms with Crippen molar-refractivity contribution in [2.45, 2.75) is 12.6 Å². The first-order valence-corrected chi connectivity index (χ1v) is 7.62.